The van der Waals surface area contributed by atoms with Gasteiger partial charge in [0.2, 0.25) is 5.16 Å². The molecule has 1 aliphatic rings. The molecule has 3 rings (SSSR count). The van der Waals surface area contributed by atoms with E-state index in [1.807, 2.05) is 31.2 Å². The number of carboxylic acid groups (broad SMARTS) is 1. The highest BCUT2D eigenvalue weighted by atomic mass is 32.2. The molecule has 1 aromatic carbocycles. The summed E-state index contributed by atoms with van der Waals surface area (Å²) >= 11 is 1.42. The standard InChI is InChI=1S/C14H14N4O3S/c1-9-2-4-11(5-3-9)21-7-12-15-16-14-18(12)17-10(8-22-14)6-13(19)20/h2-5H,6-8H2,1H3,(H,19,20). The first-order valence-corrected chi connectivity index (χ1v) is 7.65. The minimum absolute atomic E-state index is 0.0805. The zero-order valence-electron chi connectivity index (χ0n) is 11.9. The van der Waals surface area contributed by atoms with Crippen LogP contribution in [0.1, 0.15) is 17.8 Å². The number of nitrogens with zero attached hydrogens (tertiary/aromatic N) is 4. The summed E-state index contributed by atoms with van der Waals surface area (Å²) in [6, 6.07) is 7.70. The Morgan fingerprint density at radius 2 is 2.14 bits per heavy atom. The molecule has 0 atom stereocenters. The van der Waals surface area contributed by atoms with E-state index in [9.17, 15) is 4.79 Å². The number of aromatic nitrogens is 3. The third-order valence-electron chi connectivity index (χ3n) is 3.03. The lowest BCUT2D eigenvalue weighted by molar-refractivity contribution is -0.135. The monoisotopic (exact) mass is 318 g/mol. The van der Waals surface area contributed by atoms with E-state index < -0.39 is 5.97 Å². The highest BCUT2D eigenvalue weighted by Gasteiger charge is 2.20. The Kier molecular flexibility index (Phi) is 4.10. The van der Waals surface area contributed by atoms with Crippen molar-refractivity contribution in [1.29, 1.82) is 0 Å². The van der Waals surface area contributed by atoms with Gasteiger partial charge in [0.15, 0.2) is 5.82 Å². The lowest BCUT2D eigenvalue weighted by Crippen LogP contribution is -2.17. The number of carboxylic acids is 1. The van der Waals surface area contributed by atoms with Gasteiger partial charge >= 0.3 is 5.97 Å². The van der Waals surface area contributed by atoms with Crippen LogP contribution in [0.5, 0.6) is 5.75 Å². The van der Waals surface area contributed by atoms with Crippen LogP contribution in [-0.2, 0) is 11.4 Å². The van der Waals surface area contributed by atoms with Crippen LogP contribution in [0, 0.1) is 6.92 Å². The zero-order valence-corrected chi connectivity index (χ0v) is 12.7. The maximum atomic E-state index is 10.8. The summed E-state index contributed by atoms with van der Waals surface area (Å²) in [7, 11) is 0. The summed E-state index contributed by atoms with van der Waals surface area (Å²) in [5, 5.41) is 21.9. The fraction of sp³-hybridized carbons (Fsp3) is 0.286. The summed E-state index contributed by atoms with van der Waals surface area (Å²) in [5.74, 6) is 0.906. The molecular weight excluding hydrogens is 304 g/mol. The number of rotatable bonds is 5. The molecule has 1 aliphatic heterocycles. The average Bonchev–Trinajstić information content (AvgIpc) is 2.88. The van der Waals surface area contributed by atoms with Crippen LogP contribution in [0.25, 0.3) is 0 Å². The Bertz CT molecular complexity index is 724. The van der Waals surface area contributed by atoms with E-state index in [0.717, 1.165) is 11.3 Å². The predicted octanol–water partition coefficient (Wildman–Crippen LogP) is 1.95. The van der Waals surface area contributed by atoms with Crippen LogP contribution in [-0.4, -0.2) is 37.4 Å². The molecule has 114 valence electrons. The maximum Gasteiger partial charge on any atom is 0.309 e. The number of fused-ring (bicyclic) bond motifs is 1. The molecule has 0 saturated heterocycles. The van der Waals surface area contributed by atoms with Gasteiger partial charge in [0.1, 0.15) is 12.4 Å². The molecule has 8 heteroatoms. The van der Waals surface area contributed by atoms with Crippen molar-refractivity contribution in [3.8, 4) is 5.75 Å². The van der Waals surface area contributed by atoms with Crippen molar-refractivity contribution < 1.29 is 14.6 Å². The molecule has 1 aromatic heterocycles. The second kappa shape index (κ2) is 6.18. The summed E-state index contributed by atoms with van der Waals surface area (Å²) < 4.78 is 7.23. The number of aryl methyl sites for hydroxylation is 1. The quantitative estimate of drug-likeness (QED) is 0.906. The van der Waals surface area contributed by atoms with Crippen molar-refractivity contribution in [2.45, 2.75) is 25.1 Å². The number of thioether (sulfide) groups is 1. The zero-order chi connectivity index (χ0) is 15.5. The first-order valence-electron chi connectivity index (χ1n) is 6.67. The topological polar surface area (TPSA) is 89.6 Å². The van der Waals surface area contributed by atoms with E-state index in [-0.39, 0.29) is 13.0 Å². The Balaban J connectivity index is 1.74. The summed E-state index contributed by atoms with van der Waals surface area (Å²) in [5.41, 5.74) is 1.74. The van der Waals surface area contributed by atoms with Gasteiger partial charge in [0, 0.05) is 5.75 Å². The van der Waals surface area contributed by atoms with Crippen molar-refractivity contribution in [3.05, 3.63) is 35.7 Å². The fourth-order valence-corrected chi connectivity index (χ4v) is 2.76. The van der Waals surface area contributed by atoms with Crippen LogP contribution in [0.4, 0.5) is 0 Å². The van der Waals surface area contributed by atoms with Crippen molar-refractivity contribution in [3.63, 3.8) is 0 Å². The molecule has 1 N–H and O–H groups in total. The highest BCUT2D eigenvalue weighted by molar-refractivity contribution is 7.99. The number of carbonyl (C=O) groups is 1. The minimum Gasteiger partial charge on any atom is -0.486 e. The van der Waals surface area contributed by atoms with Crippen molar-refractivity contribution in [1.82, 2.24) is 14.9 Å². The van der Waals surface area contributed by atoms with Gasteiger partial charge in [0.25, 0.3) is 0 Å². The third kappa shape index (κ3) is 3.28. The number of hydrogen-bond donors (Lipinski definition) is 1. The molecule has 0 unspecified atom stereocenters. The normalized spacial score (nSPS) is 13.4. The van der Waals surface area contributed by atoms with Gasteiger partial charge in [-0.1, -0.05) is 29.5 Å². The minimum atomic E-state index is -0.895. The Morgan fingerprint density at radius 3 is 2.86 bits per heavy atom. The van der Waals surface area contributed by atoms with Crippen LogP contribution in [0.2, 0.25) is 0 Å². The predicted molar refractivity (Wildman–Crippen MR) is 81.3 cm³/mol. The van der Waals surface area contributed by atoms with Gasteiger partial charge in [0.05, 0.1) is 12.1 Å². The second-order valence-electron chi connectivity index (χ2n) is 4.84. The lowest BCUT2D eigenvalue weighted by Gasteiger charge is -2.12. The lowest BCUT2D eigenvalue weighted by atomic mass is 10.2. The van der Waals surface area contributed by atoms with Gasteiger partial charge in [-0.15, -0.1) is 10.2 Å². The van der Waals surface area contributed by atoms with Gasteiger partial charge in [-0.2, -0.15) is 9.78 Å². The van der Waals surface area contributed by atoms with E-state index in [4.69, 9.17) is 9.84 Å². The van der Waals surface area contributed by atoms with E-state index in [0.29, 0.717) is 22.4 Å². The molecule has 0 bridgehead atoms. The number of ether oxygens (including phenoxy) is 1. The molecule has 0 amide bonds. The van der Waals surface area contributed by atoms with Crippen LogP contribution in [0.3, 0.4) is 0 Å². The summed E-state index contributed by atoms with van der Waals surface area (Å²) in [6.07, 6.45) is -0.0805. The van der Waals surface area contributed by atoms with Gasteiger partial charge in [-0.3, -0.25) is 4.79 Å². The average molecular weight is 318 g/mol. The second-order valence-corrected chi connectivity index (χ2v) is 5.78. The maximum absolute atomic E-state index is 10.8. The third-order valence-corrected chi connectivity index (χ3v) is 4.02. The molecule has 0 spiro atoms. The molecular formula is C14H14N4O3S. The molecule has 22 heavy (non-hydrogen) atoms. The van der Waals surface area contributed by atoms with Crippen LogP contribution in [0.15, 0.2) is 34.5 Å². The van der Waals surface area contributed by atoms with Crippen molar-refractivity contribution >= 4 is 23.4 Å². The molecule has 0 aliphatic carbocycles. The van der Waals surface area contributed by atoms with E-state index in [2.05, 4.69) is 15.3 Å². The van der Waals surface area contributed by atoms with Gasteiger partial charge < -0.3 is 9.84 Å². The Labute approximate surface area is 131 Å². The van der Waals surface area contributed by atoms with Crippen LogP contribution >= 0.6 is 11.8 Å². The number of benzene rings is 1. The number of hydrogen-bond acceptors (Lipinski definition) is 6. The van der Waals surface area contributed by atoms with Crippen LogP contribution < -0.4 is 4.74 Å². The molecule has 7 nitrogen and oxygen atoms in total. The first-order chi connectivity index (χ1) is 10.6. The number of aliphatic carboxylic acids is 1. The summed E-state index contributed by atoms with van der Waals surface area (Å²) in [4.78, 5) is 10.8. The van der Waals surface area contributed by atoms with E-state index in [1.54, 1.807) is 4.68 Å². The summed E-state index contributed by atoms with van der Waals surface area (Å²) in [6.45, 7) is 2.23. The molecule has 2 heterocycles. The highest BCUT2D eigenvalue weighted by Crippen LogP contribution is 2.23. The van der Waals surface area contributed by atoms with Gasteiger partial charge in [-0.25, -0.2) is 0 Å². The Morgan fingerprint density at radius 1 is 1.36 bits per heavy atom. The Hall–Kier alpha value is -2.35. The molecule has 0 fully saturated rings. The van der Waals surface area contributed by atoms with Crippen molar-refractivity contribution in [2.24, 2.45) is 5.10 Å². The molecule has 0 saturated carbocycles. The molecule has 2 aromatic rings. The van der Waals surface area contributed by atoms with E-state index in [1.165, 1.54) is 11.8 Å². The van der Waals surface area contributed by atoms with Gasteiger partial charge in [-0.05, 0) is 19.1 Å². The molecule has 0 radical (unpaired) electrons. The SMILES string of the molecule is Cc1ccc(OCc2nnc3n2N=C(CC(=O)O)CS3)cc1. The smallest absolute Gasteiger partial charge is 0.309 e. The largest absolute Gasteiger partial charge is 0.486 e. The first kappa shape index (κ1) is 14.6. The van der Waals surface area contributed by atoms with E-state index >= 15 is 0 Å². The van der Waals surface area contributed by atoms with Crippen molar-refractivity contribution in [2.75, 3.05) is 5.75 Å². The fourth-order valence-electron chi connectivity index (χ4n) is 1.94.